The van der Waals surface area contributed by atoms with E-state index in [4.69, 9.17) is 4.74 Å². The summed E-state index contributed by atoms with van der Waals surface area (Å²) in [5.41, 5.74) is 0.514. The lowest BCUT2D eigenvalue weighted by atomic mass is 9.63. The van der Waals surface area contributed by atoms with Crippen LogP contribution >= 0.6 is 0 Å². The molecule has 7 nitrogen and oxygen atoms in total. The zero-order valence-corrected chi connectivity index (χ0v) is 15.3. The van der Waals surface area contributed by atoms with E-state index in [9.17, 15) is 14.4 Å². The highest BCUT2D eigenvalue weighted by molar-refractivity contribution is 6.06. The van der Waals surface area contributed by atoms with Crippen molar-refractivity contribution >= 4 is 23.5 Å². The molecular formula is C20H23N3O4. The fourth-order valence-corrected chi connectivity index (χ4v) is 4.64. The summed E-state index contributed by atoms with van der Waals surface area (Å²) in [6.07, 6.45) is 5.34. The normalized spacial score (nSPS) is 29.5. The van der Waals surface area contributed by atoms with E-state index in [0.717, 1.165) is 12.8 Å². The largest absolute Gasteiger partial charge is 0.495 e. The summed E-state index contributed by atoms with van der Waals surface area (Å²) < 4.78 is 5.21. The molecule has 0 radical (unpaired) electrons. The minimum atomic E-state index is -0.718. The van der Waals surface area contributed by atoms with Crippen LogP contribution in [0.5, 0.6) is 5.75 Å². The van der Waals surface area contributed by atoms with Crippen LogP contribution in [0.2, 0.25) is 0 Å². The van der Waals surface area contributed by atoms with Gasteiger partial charge in [-0.1, -0.05) is 24.3 Å². The summed E-state index contributed by atoms with van der Waals surface area (Å²) >= 11 is 0. The van der Waals surface area contributed by atoms with Crippen molar-refractivity contribution in [1.82, 2.24) is 10.2 Å². The molecule has 1 aliphatic heterocycles. The maximum Gasteiger partial charge on any atom is 0.320 e. The zero-order chi connectivity index (χ0) is 19.1. The van der Waals surface area contributed by atoms with Gasteiger partial charge in [0.15, 0.2) is 0 Å². The van der Waals surface area contributed by atoms with E-state index in [2.05, 4.69) is 22.8 Å². The van der Waals surface area contributed by atoms with E-state index in [1.807, 2.05) is 0 Å². The number of urea groups is 1. The van der Waals surface area contributed by atoms with Crippen LogP contribution in [0.4, 0.5) is 10.5 Å². The van der Waals surface area contributed by atoms with E-state index in [1.165, 1.54) is 12.0 Å². The first kappa shape index (κ1) is 17.6. The number of ether oxygens (including phenoxy) is 1. The van der Waals surface area contributed by atoms with E-state index >= 15 is 0 Å². The smallest absolute Gasteiger partial charge is 0.320 e. The number of amides is 4. The third-order valence-electron chi connectivity index (χ3n) is 5.88. The molecule has 5 rings (SSSR count). The number of methoxy groups -OCH3 is 1. The number of hydrogen-bond donors (Lipinski definition) is 2. The molecule has 4 amide bonds. The fraction of sp³-hybridized carbons (Fsp3) is 0.450. The molecule has 2 N–H and O–H groups in total. The average molecular weight is 369 g/mol. The van der Waals surface area contributed by atoms with Gasteiger partial charge in [0, 0.05) is 0 Å². The molecule has 3 aliphatic carbocycles. The first-order chi connectivity index (χ1) is 13.0. The van der Waals surface area contributed by atoms with Crippen LogP contribution in [0.15, 0.2) is 36.4 Å². The van der Waals surface area contributed by atoms with Gasteiger partial charge in [-0.15, -0.1) is 0 Å². The lowest BCUT2D eigenvalue weighted by Crippen LogP contribution is -2.50. The molecule has 2 bridgehead atoms. The van der Waals surface area contributed by atoms with Gasteiger partial charge in [0.1, 0.15) is 11.9 Å². The van der Waals surface area contributed by atoms with Gasteiger partial charge in [-0.05, 0) is 43.7 Å². The van der Waals surface area contributed by atoms with E-state index in [0.29, 0.717) is 11.4 Å². The molecule has 1 saturated carbocycles. The quantitative estimate of drug-likeness (QED) is 0.630. The predicted octanol–water partition coefficient (Wildman–Crippen LogP) is 2.36. The number of nitrogens with one attached hydrogen (secondary N) is 2. The molecule has 1 saturated heterocycles. The van der Waals surface area contributed by atoms with Crippen molar-refractivity contribution in [1.29, 1.82) is 0 Å². The SMILES string of the molecule is COc1ccccc1NC(=O)NC(C)N1C(=O)C2C3C=CC(CC3)C2C1=O. The third kappa shape index (κ3) is 2.87. The van der Waals surface area contributed by atoms with Gasteiger partial charge >= 0.3 is 6.03 Å². The molecule has 7 heteroatoms. The van der Waals surface area contributed by atoms with E-state index in [1.54, 1.807) is 31.2 Å². The molecule has 5 unspecified atom stereocenters. The Morgan fingerprint density at radius 2 is 1.70 bits per heavy atom. The standard InChI is InChI=1S/C20H23N3O4/c1-11(21-20(26)22-14-5-3-4-6-15(14)27-2)23-18(24)16-12-7-8-13(10-9-12)17(16)19(23)25/h3-8,11-13,16-17H,9-10H2,1-2H3,(H2,21,22,26). The lowest BCUT2D eigenvalue weighted by molar-refractivity contribution is -0.142. The van der Waals surface area contributed by atoms with Crippen LogP contribution in [-0.2, 0) is 9.59 Å². The Kier molecular flexibility index (Phi) is 4.37. The van der Waals surface area contributed by atoms with Gasteiger partial charge in [0.2, 0.25) is 11.8 Å². The Bertz CT molecular complexity index is 789. The fourth-order valence-electron chi connectivity index (χ4n) is 4.64. The highest BCUT2D eigenvalue weighted by atomic mass is 16.5. The number of carbonyl (C=O) groups excluding carboxylic acids is 3. The third-order valence-corrected chi connectivity index (χ3v) is 5.88. The van der Waals surface area contributed by atoms with Gasteiger partial charge in [-0.2, -0.15) is 0 Å². The van der Waals surface area contributed by atoms with E-state index < -0.39 is 12.2 Å². The lowest BCUT2D eigenvalue weighted by Gasteiger charge is -2.38. The number of hydrogen-bond acceptors (Lipinski definition) is 4. The first-order valence-electron chi connectivity index (χ1n) is 9.27. The van der Waals surface area contributed by atoms with Crippen LogP contribution in [0.1, 0.15) is 19.8 Å². The monoisotopic (exact) mass is 369 g/mol. The maximum atomic E-state index is 12.9. The summed E-state index contributed by atoms with van der Waals surface area (Å²) in [5, 5.41) is 5.40. The summed E-state index contributed by atoms with van der Waals surface area (Å²) in [7, 11) is 1.52. The Hall–Kier alpha value is -2.83. The van der Waals surface area contributed by atoms with Gasteiger partial charge in [-0.3, -0.25) is 14.5 Å². The number of benzene rings is 1. The minimum Gasteiger partial charge on any atom is -0.495 e. The van der Waals surface area contributed by atoms with Crippen LogP contribution in [0.25, 0.3) is 0 Å². The maximum absolute atomic E-state index is 12.9. The molecule has 2 fully saturated rings. The topological polar surface area (TPSA) is 87.7 Å². The second kappa shape index (κ2) is 6.72. The number of carbonyl (C=O) groups is 3. The predicted molar refractivity (Wildman–Crippen MR) is 98.8 cm³/mol. The van der Waals surface area contributed by atoms with Crippen molar-refractivity contribution < 1.29 is 19.1 Å². The van der Waals surface area contributed by atoms with Gasteiger partial charge in [0.25, 0.3) is 0 Å². The molecular weight excluding hydrogens is 346 g/mol. The number of nitrogens with zero attached hydrogens (tertiary/aromatic N) is 1. The van der Waals surface area contributed by atoms with Crippen LogP contribution in [0.3, 0.4) is 0 Å². The summed E-state index contributed by atoms with van der Waals surface area (Å²) in [5.74, 6) is -0.0942. The summed E-state index contributed by atoms with van der Waals surface area (Å²) in [4.78, 5) is 39.4. The minimum absolute atomic E-state index is 0.135. The highest BCUT2D eigenvalue weighted by Gasteiger charge is 2.57. The van der Waals surface area contributed by atoms with Crippen molar-refractivity contribution in [3.05, 3.63) is 36.4 Å². The van der Waals surface area contributed by atoms with Crippen LogP contribution < -0.4 is 15.4 Å². The number of likely N-dealkylation sites (tertiary alicyclic amines) is 1. The first-order valence-corrected chi connectivity index (χ1v) is 9.27. The molecule has 0 spiro atoms. The highest BCUT2D eigenvalue weighted by Crippen LogP contribution is 2.49. The number of para-hydroxylation sites is 2. The van der Waals surface area contributed by atoms with Crippen molar-refractivity contribution in [2.75, 3.05) is 12.4 Å². The second-order valence-corrected chi connectivity index (χ2v) is 7.36. The van der Waals surface area contributed by atoms with Gasteiger partial charge in [0.05, 0.1) is 24.6 Å². The van der Waals surface area contributed by atoms with Gasteiger partial charge in [-0.25, -0.2) is 4.79 Å². The molecule has 27 heavy (non-hydrogen) atoms. The number of fused-ring (bicyclic) bond motifs is 1. The molecule has 1 heterocycles. The Morgan fingerprint density at radius 1 is 1.11 bits per heavy atom. The molecule has 4 aliphatic rings. The van der Waals surface area contributed by atoms with Crippen molar-refractivity contribution in [3.63, 3.8) is 0 Å². The molecule has 142 valence electrons. The van der Waals surface area contributed by atoms with Crippen LogP contribution in [0, 0.1) is 23.7 Å². The van der Waals surface area contributed by atoms with Gasteiger partial charge < -0.3 is 15.4 Å². The average Bonchev–Trinajstić information content (AvgIpc) is 2.96. The van der Waals surface area contributed by atoms with Crippen molar-refractivity contribution in [3.8, 4) is 5.75 Å². The van der Waals surface area contributed by atoms with E-state index in [-0.39, 0.29) is 35.5 Å². The number of imide groups is 1. The van der Waals surface area contributed by atoms with Crippen molar-refractivity contribution in [2.45, 2.75) is 25.9 Å². The Morgan fingerprint density at radius 3 is 2.26 bits per heavy atom. The van der Waals surface area contributed by atoms with Crippen LogP contribution in [-0.4, -0.2) is 36.0 Å². The molecule has 0 aromatic heterocycles. The summed E-state index contributed by atoms with van der Waals surface area (Å²) in [6.45, 7) is 1.66. The van der Waals surface area contributed by atoms with Crippen molar-refractivity contribution in [2.24, 2.45) is 23.7 Å². The molecule has 1 aromatic rings. The second-order valence-electron chi connectivity index (χ2n) is 7.36. The number of rotatable bonds is 4. The Labute approximate surface area is 157 Å². The Balaban J connectivity index is 1.45. The molecule has 5 atom stereocenters. The molecule has 1 aromatic carbocycles. The summed E-state index contributed by atoms with van der Waals surface area (Å²) in [6, 6.07) is 6.54. The number of anilines is 1. The zero-order valence-electron chi connectivity index (χ0n) is 15.3. The number of allylic oxidation sites excluding steroid dienone is 2.